The van der Waals surface area contributed by atoms with Gasteiger partial charge in [0.05, 0.1) is 6.04 Å². The second-order valence-corrected chi connectivity index (χ2v) is 6.57. The highest BCUT2D eigenvalue weighted by molar-refractivity contribution is 7.80. The Morgan fingerprint density at radius 1 is 1.16 bits per heavy atom. The largest absolute Gasteiger partial charge is 0.354 e. The lowest BCUT2D eigenvalue weighted by Crippen LogP contribution is -2.53. The highest BCUT2D eigenvalue weighted by atomic mass is 32.1. The molecule has 130 valence electrons. The van der Waals surface area contributed by atoms with Gasteiger partial charge in [-0.1, -0.05) is 49.0 Å². The maximum atomic E-state index is 13.1. The third-order valence-corrected chi connectivity index (χ3v) is 4.99. The smallest absolute Gasteiger partial charge is 0.234 e. The first-order chi connectivity index (χ1) is 12.1. The molecule has 1 heterocycles. The minimum atomic E-state index is -0.405. The number of amides is 1. The number of nitrogens with one attached hydrogen (secondary N) is 2. The maximum Gasteiger partial charge on any atom is 0.234 e. The van der Waals surface area contributed by atoms with Crippen molar-refractivity contribution >= 4 is 34.0 Å². The summed E-state index contributed by atoms with van der Waals surface area (Å²) < 4.78 is 0. The van der Waals surface area contributed by atoms with Crippen molar-refractivity contribution in [3.05, 3.63) is 60.3 Å². The number of thiocarbonyl (C=S) groups is 1. The Hall–Kier alpha value is -2.40. The third kappa shape index (κ3) is 3.24. The number of carbonyl (C=O) groups is 1. The molecule has 3 rings (SSSR count). The first-order valence-electron chi connectivity index (χ1n) is 8.59. The fraction of sp³-hybridized carbons (Fsp3) is 0.300. The summed E-state index contributed by atoms with van der Waals surface area (Å²) in [6.07, 6.45) is 0. The van der Waals surface area contributed by atoms with Crippen molar-refractivity contribution in [1.82, 2.24) is 15.5 Å². The Labute approximate surface area is 153 Å². The monoisotopic (exact) mass is 353 g/mol. The number of carbonyl (C=O) groups excluding carboxylic acids is 1. The van der Waals surface area contributed by atoms with Crippen molar-refractivity contribution in [3.8, 4) is 0 Å². The first kappa shape index (κ1) is 17.4. The molecule has 2 atom stereocenters. The summed E-state index contributed by atoms with van der Waals surface area (Å²) in [4.78, 5) is 15.0. The highest BCUT2D eigenvalue weighted by Gasteiger charge is 2.38. The second-order valence-electron chi connectivity index (χ2n) is 6.16. The van der Waals surface area contributed by atoms with E-state index >= 15 is 0 Å². The van der Waals surface area contributed by atoms with Crippen LogP contribution in [-0.4, -0.2) is 29.0 Å². The van der Waals surface area contributed by atoms with E-state index in [9.17, 15) is 4.79 Å². The van der Waals surface area contributed by atoms with Gasteiger partial charge in [0.25, 0.3) is 0 Å². The van der Waals surface area contributed by atoms with Crippen LogP contribution in [0.3, 0.4) is 0 Å². The average molecular weight is 353 g/mol. The summed E-state index contributed by atoms with van der Waals surface area (Å²) >= 11 is 5.34. The molecule has 0 spiro atoms. The summed E-state index contributed by atoms with van der Waals surface area (Å²) in [5, 5.41) is 9.11. The molecule has 0 bridgehead atoms. The van der Waals surface area contributed by atoms with Crippen LogP contribution in [0.2, 0.25) is 0 Å². The minimum absolute atomic E-state index is 0.0652. The first-order valence-corrected chi connectivity index (χ1v) is 9.00. The molecular weight excluding hydrogens is 330 g/mol. The van der Waals surface area contributed by atoms with Crippen LogP contribution in [0.25, 0.3) is 10.8 Å². The van der Waals surface area contributed by atoms with Crippen molar-refractivity contribution < 1.29 is 4.79 Å². The molecule has 4 nitrogen and oxygen atoms in total. The van der Waals surface area contributed by atoms with Crippen LogP contribution in [-0.2, 0) is 4.79 Å². The molecule has 2 N–H and O–H groups in total. The number of hydrogen-bond acceptors (Lipinski definition) is 2. The Kier molecular flexibility index (Phi) is 5.04. The molecule has 1 fully saturated rings. The average Bonchev–Trinajstić information content (AvgIpc) is 2.61. The van der Waals surface area contributed by atoms with Gasteiger partial charge in [-0.25, -0.2) is 0 Å². The van der Waals surface area contributed by atoms with Crippen molar-refractivity contribution in [3.63, 3.8) is 0 Å². The van der Waals surface area contributed by atoms with E-state index in [1.54, 1.807) is 0 Å². The van der Waals surface area contributed by atoms with Crippen LogP contribution in [0.5, 0.6) is 0 Å². The Morgan fingerprint density at radius 3 is 2.56 bits per heavy atom. The van der Waals surface area contributed by atoms with Gasteiger partial charge in [-0.2, -0.15) is 0 Å². The van der Waals surface area contributed by atoms with E-state index < -0.39 is 5.92 Å². The van der Waals surface area contributed by atoms with Gasteiger partial charge in [0.15, 0.2) is 5.11 Å². The summed E-state index contributed by atoms with van der Waals surface area (Å²) in [5.41, 5.74) is 1.71. The highest BCUT2D eigenvalue weighted by Crippen LogP contribution is 2.34. The fourth-order valence-corrected chi connectivity index (χ4v) is 3.75. The lowest BCUT2D eigenvalue weighted by Gasteiger charge is -2.38. The quantitative estimate of drug-likeness (QED) is 0.828. The second kappa shape index (κ2) is 7.23. The predicted molar refractivity (Wildman–Crippen MR) is 106 cm³/mol. The number of hydrogen-bond donors (Lipinski definition) is 2. The Bertz CT molecular complexity index is 823. The Balaban J connectivity index is 2.10. The normalized spacial score (nSPS) is 20.1. The molecule has 1 amide bonds. The van der Waals surface area contributed by atoms with Crippen molar-refractivity contribution in [2.24, 2.45) is 5.92 Å². The van der Waals surface area contributed by atoms with Crippen LogP contribution in [0.1, 0.15) is 25.5 Å². The summed E-state index contributed by atoms with van der Waals surface area (Å²) in [6.45, 7) is 9.42. The standard InChI is InChI=1S/C20H23N3OS/c1-4-23(5-2)19(24)17-13(3)21-20(25)22-18(17)16-12-8-10-14-9-6-7-11-15(14)16/h6-12,17-18H,3-5H2,1-2H3,(H2,21,22,25)/t17-,18-/m1/s1. The molecule has 0 unspecified atom stereocenters. The van der Waals surface area contributed by atoms with E-state index in [0.29, 0.717) is 23.9 Å². The molecule has 0 aromatic heterocycles. The fourth-order valence-electron chi connectivity index (χ4n) is 3.49. The van der Waals surface area contributed by atoms with E-state index in [1.165, 1.54) is 0 Å². The van der Waals surface area contributed by atoms with Gasteiger partial charge in [-0.05, 0) is 42.4 Å². The number of rotatable bonds is 4. The van der Waals surface area contributed by atoms with Gasteiger partial charge < -0.3 is 15.5 Å². The maximum absolute atomic E-state index is 13.1. The number of benzene rings is 2. The van der Waals surface area contributed by atoms with Crippen LogP contribution in [0, 0.1) is 5.92 Å². The van der Waals surface area contributed by atoms with Crippen molar-refractivity contribution in [1.29, 1.82) is 0 Å². The van der Waals surface area contributed by atoms with Crippen LogP contribution >= 0.6 is 12.2 Å². The van der Waals surface area contributed by atoms with Crippen molar-refractivity contribution in [2.75, 3.05) is 13.1 Å². The van der Waals surface area contributed by atoms with Crippen LogP contribution in [0.15, 0.2) is 54.7 Å². The zero-order valence-corrected chi connectivity index (χ0v) is 15.4. The molecule has 1 aliphatic rings. The molecule has 5 heteroatoms. The molecule has 25 heavy (non-hydrogen) atoms. The lowest BCUT2D eigenvalue weighted by atomic mass is 9.85. The molecule has 0 radical (unpaired) electrons. The summed E-state index contributed by atoms with van der Waals surface area (Å²) in [6, 6.07) is 14.1. The van der Waals surface area contributed by atoms with Gasteiger partial charge in [0.2, 0.25) is 5.91 Å². The predicted octanol–water partition coefficient (Wildman–Crippen LogP) is 3.36. The van der Waals surface area contributed by atoms with Crippen molar-refractivity contribution in [2.45, 2.75) is 19.9 Å². The minimum Gasteiger partial charge on any atom is -0.354 e. The van der Waals surface area contributed by atoms with Crippen LogP contribution < -0.4 is 10.6 Å². The summed E-state index contributed by atoms with van der Waals surface area (Å²) in [7, 11) is 0. The van der Waals surface area contributed by atoms with E-state index in [0.717, 1.165) is 16.3 Å². The van der Waals surface area contributed by atoms with E-state index in [-0.39, 0.29) is 11.9 Å². The molecule has 1 aliphatic heterocycles. The third-order valence-electron chi connectivity index (χ3n) is 4.77. The topological polar surface area (TPSA) is 44.4 Å². The van der Waals surface area contributed by atoms with Gasteiger partial charge in [-0.3, -0.25) is 4.79 Å². The Morgan fingerprint density at radius 2 is 1.84 bits per heavy atom. The summed E-state index contributed by atoms with van der Waals surface area (Å²) in [5.74, 6) is -0.340. The lowest BCUT2D eigenvalue weighted by molar-refractivity contribution is -0.135. The van der Waals surface area contributed by atoms with Gasteiger partial charge in [-0.15, -0.1) is 0 Å². The van der Waals surface area contributed by atoms with E-state index in [1.807, 2.05) is 36.9 Å². The van der Waals surface area contributed by atoms with Gasteiger partial charge in [0.1, 0.15) is 5.92 Å². The zero-order chi connectivity index (χ0) is 18.0. The molecule has 2 aromatic rings. The molecule has 0 aliphatic carbocycles. The number of nitrogens with zero attached hydrogens (tertiary/aromatic N) is 1. The van der Waals surface area contributed by atoms with Gasteiger partial charge >= 0.3 is 0 Å². The SMILES string of the molecule is C=C1NC(=S)N[C@H](c2cccc3ccccc23)[C@@H]1C(=O)N(CC)CC. The molecule has 0 saturated carbocycles. The van der Waals surface area contributed by atoms with Gasteiger partial charge in [0, 0.05) is 18.8 Å². The van der Waals surface area contributed by atoms with E-state index in [4.69, 9.17) is 12.2 Å². The zero-order valence-electron chi connectivity index (χ0n) is 14.6. The van der Waals surface area contributed by atoms with E-state index in [2.05, 4.69) is 41.5 Å². The number of fused-ring (bicyclic) bond motifs is 1. The molecule has 1 saturated heterocycles. The molecular formula is C20H23N3OS. The molecule has 2 aromatic carbocycles. The van der Waals surface area contributed by atoms with Crippen LogP contribution in [0.4, 0.5) is 0 Å².